The third-order valence-corrected chi connectivity index (χ3v) is 4.80. The van der Waals surface area contributed by atoms with E-state index >= 15 is 0 Å². The Morgan fingerprint density at radius 2 is 2.15 bits per heavy atom. The number of fused-ring (bicyclic) bond motifs is 1. The molecule has 2 heterocycles. The van der Waals surface area contributed by atoms with Crippen LogP contribution >= 0.6 is 11.3 Å². The smallest absolute Gasteiger partial charge is 0.361 e. The molecule has 142 valence electrons. The van der Waals surface area contributed by atoms with Crippen LogP contribution in [0.5, 0.6) is 0 Å². The molecule has 0 amide bonds. The zero-order chi connectivity index (χ0) is 19.6. The molecule has 0 atom stereocenters. The Kier molecular flexibility index (Phi) is 5.47. The maximum atomic E-state index is 12.1. The van der Waals surface area contributed by atoms with Crippen molar-refractivity contribution in [2.45, 2.75) is 26.7 Å². The highest BCUT2D eigenvalue weighted by atomic mass is 32.1. The van der Waals surface area contributed by atoms with E-state index in [0.717, 1.165) is 15.8 Å². The summed E-state index contributed by atoms with van der Waals surface area (Å²) in [6, 6.07) is 5.41. The van der Waals surface area contributed by atoms with Gasteiger partial charge in [0.1, 0.15) is 10.6 Å². The highest BCUT2D eigenvalue weighted by molar-refractivity contribution is 7.21. The first-order chi connectivity index (χ1) is 12.9. The van der Waals surface area contributed by atoms with Gasteiger partial charge in [0.15, 0.2) is 0 Å². The minimum atomic E-state index is -0.384. The maximum Gasteiger partial charge on any atom is 0.361 e. The van der Waals surface area contributed by atoms with E-state index in [-0.39, 0.29) is 17.9 Å². The normalized spacial score (nSPS) is 11.6. The number of nitrogens with two attached hydrogens (primary N) is 1. The van der Waals surface area contributed by atoms with Crippen molar-refractivity contribution in [1.82, 2.24) is 10.2 Å². The Hall–Kier alpha value is -2.85. The fourth-order valence-corrected chi connectivity index (χ4v) is 3.41. The van der Waals surface area contributed by atoms with Crippen molar-refractivity contribution in [3.8, 4) is 0 Å². The van der Waals surface area contributed by atoms with E-state index in [4.69, 9.17) is 15.0 Å². The lowest BCUT2D eigenvalue weighted by Crippen LogP contribution is -2.24. The number of benzene rings is 1. The van der Waals surface area contributed by atoms with Gasteiger partial charge in [0, 0.05) is 18.4 Å². The number of rotatable bonds is 6. The molecule has 0 aliphatic heterocycles. The van der Waals surface area contributed by atoms with Gasteiger partial charge in [0.05, 0.1) is 17.0 Å². The summed E-state index contributed by atoms with van der Waals surface area (Å²) in [4.78, 5) is 12.6. The zero-order valence-corrected chi connectivity index (χ0v) is 16.3. The Morgan fingerprint density at radius 1 is 1.37 bits per heavy atom. The predicted octanol–water partition coefficient (Wildman–Crippen LogP) is 4.31. The second kappa shape index (κ2) is 7.80. The summed E-state index contributed by atoms with van der Waals surface area (Å²) in [6.07, 6.45) is 0. The van der Waals surface area contributed by atoms with Gasteiger partial charge in [-0.05, 0) is 25.1 Å². The topological polar surface area (TPSA) is 119 Å². The molecule has 0 aliphatic rings. The largest absolute Gasteiger partial charge is 0.462 e. The molecule has 0 spiro atoms. The van der Waals surface area contributed by atoms with Crippen LogP contribution in [0.15, 0.2) is 32.8 Å². The quantitative estimate of drug-likeness (QED) is 0.289. The van der Waals surface area contributed by atoms with Gasteiger partial charge in [0.25, 0.3) is 0 Å². The number of anilines is 1. The SMILES string of the molecule is CCOC(=O)c1cc2c(N(C)N)ccc(/N=N/c3nnc(C(C)C)o3)c2s1. The van der Waals surface area contributed by atoms with E-state index in [1.165, 1.54) is 16.3 Å². The number of ether oxygens (including phenoxy) is 1. The predicted molar refractivity (Wildman–Crippen MR) is 103 cm³/mol. The second-order valence-corrected chi connectivity index (χ2v) is 7.12. The fraction of sp³-hybridized carbons (Fsp3) is 0.353. The van der Waals surface area contributed by atoms with Crippen LogP contribution in [0.3, 0.4) is 0 Å². The third-order valence-electron chi connectivity index (χ3n) is 3.66. The monoisotopic (exact) mass is 388 g/mol. The molecule has 0 bridgehead atoms. The summed E-state index contributed by atoms with van der Waals surface area (Å²) in [5.74, 6) is 6.12. The molecule has 0 radical (unpaired) electrons. The number of hydrazine groups is 1. The van der Waals surface area contributed by atoms with Crippen LogP contribution < -0.4 is 10.9 Å². The second-order valence-electron chi connectivity index (χ2n) is 6.07. The van der Waals surface area contributed by atoms with E-state index in [1.54, 1.807) is 26.1 Å². The van der Waals surface area contributed by atoms with Crippen molar-refractivity contribution in [3.63, 3.8) is 0 Å². The summed E-state index contributed by atoms with van der Waals surface area (Å²) < 4.78 is 11.3. The van der Waals surface area contributed by atoms with Crippen LogP contribution in [0.25, 0.3) is 10.1 Å². The summed E-state index contributed by atoms with van der Waals surface area (Å²) in [7, 11) is 1.73. The van der Waals surface area contributed by atoms with Gasteiger partial charge < -0.3 is 14.2 Å². The minimum absolute atomic E-state index is 0.0778. The summed E-state index contributed by atoms with van der Waals surface area (Å²) in [5, 5.41) is 18.3. The van der Waals surface area contributed by atoms with Crippen molar-refractivity contribution >= 4 is 44.8 Å². The first kappa shape index (κ1) is 18.9. The standard InChI is InChI=1S/C17H20N6O3S/c1-5-25-16(24)13-8-10-12(23(4)18)7-6-11(14(10)27-13)19-21-17-22-20-15(26-17)9(2)3/h6-9H,5,18H2,1-4H3/b21-19+. The lowest BCUT2D eigenvalue weighted by atomic mass is 10.2. The molecule has 0 aliphatic carbocycles. The van der Waals surface area contributed by atoms with E-state index in [1.807, 2.05) is 19.9 Å². The molecule has 2 aromatic heterocycles. The summed E-state index contributed by atoms with van der Waals surface area (Å²) in [6.45, 7) is 5.96. The number of carbonyl (C=O) groups excluding carboxylic acids is 1. The molecule has 9 nitrogen and oxygen atoms in total. The number of carbonyl (C=O) groups is 1. The molecular formula is C17H20N6O3S. The Balaban J connectivity index is 2.02. The molecule has 3 rings (SSSR count). The van der Waals surface area contributed by atoms with Gasteiger partial charge in [-0.15, -0.1) is 21.5 Å². The molecular weight excluding hydrogens is 368 g/mol. The van der Waals surface area contributed by atoms with E-state index in [2.05, 4.69) is 20.4 Å². The lowest BCUT2D eigenvalue weighted by Gasteiger charge is -2.13. The maximum absolute atomic E-state index is 12.1. The fourth-order valence-electron chi connectivity index (χ4n) is 2.38. The van der Waals surface area contributed by atoms with Crippen molar-refractivity contribution < 1.29 is 13.9 Å². The first-order valence-electron chi connectivity index (χ1n) is 8.38. The zero-order valence-electron chi connectivity index (χ0n) is 15.5. The Labute approximate surface area is 159 Å². The van der Waals surface area contributed by atoms with Crippen LogP contribution in [-0.2, 0) is 4.74 Å². The molecule has 0 saturated heterocycles. The van der Waals surface area contributed by atoms with Gasteiger partial charge in [-0.2, -0.15) is 0 Å². The number of esters is 1. The average Bonchev–Trinajstić information content (AvgIpc) is 3.27. The van der Waals surface area contributed by atoms with Gasteiger partial charge in [-0.3, -0.25) is 0 Å². The van der Waals surface area contributed by atoms with Crippen LogP contribution in [0.2, 0.25) is 0 Å². The van der Waals surface area contributed by atoms with Crippen molar-refractivity contribution in [2.24, 2.45) is 16.1 Å². The molecule has 1 aromatic carbocycles. The van der Waals surface area contributed by atoms with Gasteiger partial charge >= 0.3 is 12.0 Å². The van der Waals surface area contributed by atoms with Gasteiger partial charge in [-0.25, -0.2) is 10.6 Å². The van der Waals surface area contributed by atoms with Gasteiger partial charge in [0.2, 0.25) is 5.89 Å². The highest BCUT2D eigenvalue weighted by Gasteiger charge is 2.17. The van der Waals surface area contributed by atoms with Gasteiger partial charge in [-0.1, -0.05) is 24.1 Å². The van der Waals surface area contributed by atoms with Crippen molar-refractivity contribution in [2.75, 3.05) is 18.7 Å². The van der Waals surface area contributed by atoms with Crippen molar-refractivity contribution in [3.05, 3.63) is 29.0 Å². The lowest BCUT2D eigenvalue weighted by molar-refractivity contribution is 0.0532. The number of hydrogen-bond acceptors (Lipinski definition) is 10. The van der Waals surface area contributed by atoms with E-state index in [0.29, 0.717) is 23.1 Å². The Morgan fingerprint density at radius 3 is 2.78 bits per heavy atom. The van der Waals surface area contributed by atoms with Crippen LogP contribution in [0.4, 0.5) is 17.4 Å². The molecule has 27 heavy (non-hydrogen) atoms. The first-order valence-corrected chi connectivity index (χ1v) is 9.19. The molecule has 0 unspecified atom stereocenters. The number of thiophene rings is 1. The third kappa shape index (κ3) is 3.96. The summed E-state index contributed by atoms with van der Waals surface area (Å²) >= 11 is 1.27. The molecule has 10 heteroatoms. The molecule has 3 aromatic rings. The van der Waals surface area contributed by atoms with E-state index in [9.17, 15) is 4.79 Å². The van der Waals surface area contributed by atoms with Crippen LogP contribution in [0.1, 0.15) is 42.3 Å². The number of hydrogen-bond donors (Lipinski definition) is 1. The Bertz CT molecular complexity index is 992. The molecule has 2 N–H and O–H groups in total. The summed E-state index contributed by atoms with van der Waals surface area (Å²) in [5.41, 5.74) is 1.33. The number of aromatic nitrogens is 2. The van der Waals surface area contributed by atoms with Crippen LogP contribution in [-0.4, -0.2) is 29.8 Å². The number of nitrogens with zero attached hydrogens (tertiary/aromatic N) is 5. The molecule has 0 fully saturated rings. The van der Waals surface area contributed by atoms with Crippen molar-refractivity contribution in [1.29, 1.82) is 0 Å². The average molecular weight is 388 g/mol. The van der Waals surface area contributed by atoms with Crippen LogP contribution in [0, 0.1) is 0 Å². The number of azo groups is 1. The van der Waals surface area contributed by atoms with E-state index < -0.39 is 0 Å². The highest BCUT2D eigenvalue weighted by Crippen LogP contribution is 2.39. The minimum Gasteiger partial charge on any atom is -0.462 e. The molecule has 0 saturated carbocycles.